The van der Waals surface area contributed by atoms with Gasteiger partial charge in [0, 0.05) is 18.8 Å². The zero-order valence-electron chi connectivity index (χ0n) is 18.6. The summed E-state index contributed by atoms with van der Waals surface area (Å²) in [5, 5.41) is 11.2. The number of carboxylic acid groups (broad SMARTS) is 1. The molecule has 1 heterocycles. The second kappa shape index (κ2) is 9.05. The van der Waals surface area contributed by atoms with Crippen LogP contribution in [0.4, 0.5) is 4.79 Å². The molecule has 0 bridgehead atoms. The number of carboxylic acids is 1. The van der Waals surface area contributed by atoms with Crippen LogP contribution in [0.1, 0.15) is 50.2 Å². The van der Waals surface area contributed by atoms with E-state index in [-0.39, 0.29) is 37.7 Å². The number of hydrogen-bond donors (Lipinski definition) is 1. The van der Waals surface area contributed by atoms with E-state index in [1.54, 1.807) is 13.8 Å². The van der Waals surface area contributed by atoms with E-state index in [1.807, 2.05) is 48.5 Å². The number of hydrogen-bond acceptors (Lipinski definition) is 5. The first-order chi connectivity index (χ1) is 15.8. The molecule has 2 aromatic rings. The topological polar surface area (TPSA) is 104 Å². The molecule has 1 fully saturated rings. The summed E-state index contributed by atoms with van der Waals surface area (Å²) in [5.41, 5.74) is 4.12. The number of imide groups is 1. The fraction of sp³-hybridized carbons (Fsp3) is 0.360. The number of ether oxygens (including phenoxy) is 1. The molecule has 2 aromatic carbocycles. The molecule has 1 N–H and O–H groups in total. The van der Waals surface area contributed by atoms with Crippen LogP contribution in [0.25, 0.3) is 11.1 Å². The number of nitrogens with zero attached hydrogens (tertiary/aromatic N) is 2. The van der Waals surface area contributed by atoms with Gasteiger partial charge in [-0.15, -0.1) is 0 Å². The van der Waals surface area contributed by atoms with Crippen molar-refractivity contribution in [3.8, 4) is 11.1 Å². The molecule has 8 nitrogen and oxygen atoms in total. The Kier molecular flexibility index (Phi) is 6.18. The minimum Gasteiger partial charge on any atom is -0.480 e. The van der Waals surface area contributed by atoms with Crippen molar-refractivity contribution in [2.45, 2.75) is 45.1 Å². The van der Waals surface area contributed by atoms with E-state index in [4.69, 9.17) is 4.74 Å². The van der Waals surface area contributed by atoms with Crippen LogP contribution in [0.15, 0.2) is 48.5 Å². The first-order valence-corrected chi connectivity index (χ1v) is 11.0. The lowest BCUT2D eigenvalue weighted by atomic mass is 9.98. The lowest BCUT2D eigenvalue weighted by Crippen LogP contribution is -2.57. The van der Waals surface area contributed by atoms with Crippen molar-refractivity contribution >= 4 is 23.9 Å². The molecule has 8 heteroatoms. The largest absolute Gasteiger partial charge is 0.480 e. The summed E-state index contributed by atoms with van der Waals surface area (Å²) in [5.74, 6) is -2.85. The van der Waals surface area contributed by atoms with E-state index in [9.17, 15) is 24.3 Å². The Bertz CT molecular complexity index is 1050. The summed E-state index contributed by atoms with van der Waals surface area (Å²) < 4.78 is 5.60. The van der Waals surface area contributed by atoms with E-state index in [0.29, 0.717) is 10.0 Å². The highest BCUT2D eigenvalue weighted by molar-refractivity contribution is 6.03. The van der Waals surface area contributed by atoms with Gasteiger partial charge in [0.15, 0.2) is 6.04 Å². The van der Waals surface area contributed by atoms with Crippen molar-refractivity contribution in [1.82, 2.24) is 10.0 Å². The maximum atomic E-state index is 13.2. The minimum absolute atomic E-state index is 0.0480. The molecular formula is C25H26N2O6. The fourth-order valence-corrected chi connectivity index (χ4v) is 4.57. The van der Waals surface area contributed by atoms with E-state index >= 15 is 0 Å². The first kappa shape index (κ1) is 22.5. The maximum Gasteiger partial charge on any atom is 0.430 e. The van der Waals surface area contributed by atoms with E-state index in [1.165, 1.54) is 0 Å². The van der Waals surface area contributed by atoms with Gasteiger partial charge in [-0.2, -0.15) is 10.0 Å². The second-order valence-corrected chi connectivity index (χ2v) is 8.73. The number of benzene rings is 2. The Morgan fingerprint density at radius 2 is 1.52 bits per heavy atom. The quantitative estimate of drug-likeness (QED) is 0.644. The smallest absolute Gasteiger partial charge is 0.430 e. The van der Waals surface area contributed by atoms with Gasteiger partial charge in [-0.1, -0.05) is 62.4 Å². The molecule has 172 valence electrons. The highest BCUT2D eigenvalue weighted by Crippen LogP contribution is 2.44. The number of fused-ring (bicyclic) bond motifs is 3. The molecule has 1 aliphatic heterocycles. The van der Waals surface area contributed by atoms with Crippen molar-refractivity contribution in [3.63, 3.8) is 0 Å². The Morgan fingerprint density at radius 3 is 2.00 bits per heavy atom. The predicted octanol–water partition coefficient (Wildman–Crippen LogP) is 3.80. The van der Waals surface area contributed by atoms with Crippen molar-refractivity contribution < 1.29 is 29.0 Å². The van der Waals surface area contributed by atoms with Gasteiger partial charge < -0.3 is 9.84 Å². The Morgan fingerprint density at radius 1 is 1.00 bits per heavy atom. The number of rotatable bonds is 7. The third-order valence-corrected chi connectivity index (χ3v) is 6.04. The summed E-state index contributed by atoms with van der Waals surface area (Å²) >= 11 is 0. The lowest BCUT2D eigenvalue weighted by Gasteiger charge is -2.34. The molecule has 33 heavy (non-hydrogen) atoms. The summed E-state index contributed by atoms with van der Waals surface area (Å²) in [7, 11) is 0. The molecule has 1 aliphatic carbocycles. The summed E-state index contributed by atoms with van der Waals surface area (Å²) in [4.78, 5) is 50.1. The molecule has 0 saturated carbocycles. The molecule has 2 aliphatic rings. The van der Waals surface area contributed by atoms with Gasteiger partial charge in [0.25, 0.3) is 0 Å². The normalized spacial score (nSPS) is 16.0. The third kappa shape index (κ3) is 4.20. The van der Waals surface area contributed by atoms with Gasteiger partial charge in [-0.3, -0.25) is 9.59 Å². The van der Waals surface area contributed by atoms with Gasteiger partial charge in [0.1, 0.15) is 6.61 Å². The van der Waals surface area contributed by atoms with Crippen molar-refractivity contribution in [2.24, 2.45) is 5.92 Å². The molecule has 1 saturated heterocycles. The SMILES string of the molecule is CC(C)C[C@H](C(=O)O)N(C(=O)OCC1c2ccccc2-c2ccccc21)N1C(=O)CCC1=O. The van der Waals surface area contributed by atoms with Crippen LogP contribution >= 0.6 is 0 Å². The number of aliphatic carboxylic acids is 1. The van der Waals surface area contributed by atoms with E-state index in [0.717, 1.165) is 22.3 Å². The Labute approximate surface area is 191 Å². The van der Waals surface area contributed by atoms with Gasteiger partial charge in [-0.25, -0.2) is 9.59 Å². The van der Waals surface area contributed by atoms with E-state index in [2.05, 4.69) is 0 Å². The zero-order chi connectivity index (χ0) is 23.7. The lowest BCUT2D eigenvalue weighted by molar-refractivity contribution is -0.165. The summed E-state index contributed by atoms with van der Waals surface area (Å²) in [6.45, 7) is 3.56. The van der Waals surface area contributed by atoms with Gasteiger partial charge >= 0.3 is 12.1 Å². The number of carbonyl (C=O) groups excluding carboxylic acids is 3. The van der Waals surface area contributed by atoms with Crippen molar-refractivity contribution in [3.05, 3.63) is 59.7 Å². The maximum absolute atomic E-state index is 13.2. The van der Waals surface area contributed by atoms with Crippen LogP contribution in [-0.2, 0) is 19.1 Å². The Hall–Kier alpha value is -3.68. The second-order valence-electron chi connectivity index (χ2n) is 8.73. The highest BCUT2D eigenvalue weighted by Gasteiger charge is 2.44. The molecule has 0 radical (unpaired) electrons. The van der Waals surface area contributed by atoms with Gasteiger partial charge in [0.05, 0.1) is 0 Å². The zero-order valence-corrected chi connectivity index (χ0v) is 18.6. The third-order valence-electron chi connectivity index (χ3n) is 6.04. The monoisotopic (exact) mass is 450 g/mol. The molecule has 4 rings (SSSR count). The van der Waals surface area contributed by atoms with Crippen molar-refractivity contribution in [1.29, 1.82) is 0 Å². The number of carbonyl (C=O) groups is 4. The van der Waals surface area contributed by atoms with Crippen LogP contribution < -0.4 is 0 Å². The number of hydrazine groups is 1. The minimum atomic E-state index is -1.40. The average molecular weight is 450 g/mol. The van der Waals surface area contributed by atoms with Crippen LogP contribution in [0.2, 0.25) is 0 Å². The average Bonchev–Trinajstić information content (AvgIpc) is 3.29. The van der Waals surface area contributed by atoms with Crippen LogP contribution in [-0.4, -0.2) is 51.6 Å². The summed E-state index contributed by atoms with van der Waals surface area (Å²) in [6.07, 6.45) is -1.09. The van der Waals surface area contributed by atoms with Crippen LogP contribution in [0.3, 0.4) is 0 Å². The molecule has 0 spiro atoms. The molecule has 0 aromatic heterocycles. The molecule has 1 atom stereocenters. The molecule has 3 amide bonds. The first-order valence-electron chi connectivity index (χ1n) is 11.0. The highest BCUT2D eigenvalue weighted by atomic mass is 16.6. The van der Waals surface area contributed by atoms with Crippen LogP contribution in [0, 0.1) is 5.92 Å². The summed E-state index contributed by atoms with van der Waals surface area (Å²) in [6, 6.07) is 14.3. The standard InChI is InChI=1S/C25H26N2O6/c1-15(2)13-21(24(30)31)26(27-22(28)11-12-23(27)29)25(32)33-14-20-18-9-5-3-7-16(18)17-8-4-6-10-19(17)20/h3-10,15,20-21H,11-14H2,1-2H3,(H,30,31)/t21-/m1/s1. The van der Waals surface area contributed by atoms with Gasteiger partial charge in [0.2, 0.25) is 11.8 Å². The number of amides is 3. The van der Waals surface area contributed by atoms with E-state index < -0.39 is 29.9 Å². The fourth-order valence-electron chi connectivity index (χ4n) is 4.57. The predicted molar refractivity (Wildman–Crippen MR) is 119 cm³/mol. The van der Waals surface area contributed by atoms with Gasteiger partial charge in [-0.05, 0) is 34.6 Å². The molecular weight excluding hydrogens is 424 g/mol. The van der Waals surface area contributed by atoms with Crippen LogP contribution in [0.5, 0.6) is 0 Å². The van der Waals surface area contributed by atoms with Crippen molar-refractivity contribution in [2.75, 3.05) is 6.61 Å². The Balaban J connectivity index is 1.62. The molecule has 0 unspecified atom stereocenters.